The van der Waals surface area contributed by atoms with Crippen LogP contribution < -0.4 is 10.1 Å². The van der Waals surface area contributed by atoms with Gasteiger partial charge in [-0.05, 0) is 55.4 Å². The van der Waals surface area contributed by atoms with Crippen molar-refractivity contribution in [3.05, 3.63) is 51.7 Å². The van der Waals surface area contributed by atoms with Gasteiger partial charge in [0, 0.05) is 4.88 Å². The fourth-order valence-electron chi connectivity index (χ4n) is 3.45. The van der Waals surface area contributed by atoms with E-state index in [1.165, 1.54) is 33.5 Å². The summed E-state index contributed by atoms with van der Waals surface area (Å²) >= 11 is 2.77. The second kappa shape index (κ2) is 9.98. The molecule has 0 atom stereocenters. The first-order valence-electron chi connectivity index (χ1n) is 10.3. The molecule has 9 heteroatoms. The van der Waals surface area contributed by atoms with Gasteiger partial charge in [-0.25, -0.2) is 4.98 Å². The molecule has 2 N–H and O–H groups in total. The van der Waals surface area contributed by atoms with E-state index in [0.29, 0.717) is 21.5 Å². The average molecular weight is 454 g/mol. The van der Waals surface area contributed by atoms with Gasteiger partial charge in [-0.15, -0.1) is 16.4 Å². The normalized spacial score (nSPS) is 12.8. The zero-order valence-electron chi connectivity index (χ0n) is 17.2. The van der Waals surface area contributed by atoms with Crippen LogP contribution in [0.25, 0.3) is 0 Å². The van der Waals surface area contributed by atoms with E-state index in [1.54, 1.807) is 0 Å². The highest BCUT2D eigenvalue weighted by atomic mass is 32.2. The topological polar surface area (TPSA) is 104 Å². The van der Waals surface area contributed by atoms with Crippen molar-refractivity contribution < 1.29 is 9.53 Å². The summed E-state index contributed by atoms with van der Waals surface area (Å²) in [5.74, 6) is 1.37. The molecule has 1 aromatic carbocycles. The number of nitrogens with zero attached hydrogens (tertiary/aromatic N) is 3. The number of H-pyrrole nitrogens is 1. The Morgan fingerprint density at radius 3 is 2.90 bits per heavy atom. The van der Waals surface area contributed by atoms with Gasteiger partial charge in [-0.2, -0.15) is 5.26 Å². The number of carbonyl (C=O) groups is 1. The standard InChI is InChI=1S/C22H23N5O2S2/c1-2-14-7-9-15(10-8-14)29-12-19-24-22(27-26-19)30-13-20(28)25-21-17(11-23)16-5-3-4-6-18(16)31-21/h7-10H,2-6,12-13H2,1H3,(H,25,28)(H,24,26,27). The lowest BCUT2D eigenvalue weighted by molar-refractivity contribution is -0.113. The van der Waals surface area contributed by atoms with Crippen LogP contribution in [0.2, 0.25) is 0 Å². The van der Waals surface area contributed by atoms with E-state index in [9.17, 15) is 10.1 Å². The predicted molar refractivity (Wildman–Crippen MR) is 122 cm³/mol. The number of nitriles is 1. The van der Waals surface area contributed by atoms with Crippen LogP contribution in [-0.4, -0.2) is 26.8 Å². The monoisotopic (exact) mass is 453 g/mol. The van der Waals surface area contributed by atoms with Crippen molar-refractivity contribution in [2.24, 2.45) is 0 Å². The van der Waals surface area contributed by atoms with Crippen LogP contribution in [0.4, 0.5) is 5.00 Å². The summed E-state index contributed by atoms with van der Waals surface area (Å²) in [6.07, 6.45) is 5.14. The summed E-state index contributed by atoms with van der Waals surface area (Å²) in [6.45, 7) is 2.39. The number of thiophene rings is 1. The van der Waals surface area contributed by atoms with Crippen molar-refractivity contribution in [1.29, 1.82) is 5.26 Å². The van der Waals surface area contributed by atoms with E-state index in [-0.39, 0.29) is 18.3 Å². The Kier molecular flexibility index (Phi) is 6.89. The molecule has 0 spiro atoms. The summed E-state index contributed by atoms with van der Waals surface area (Å²) in [5, 5.41) is 20.5. The number of hydrogen-bond acceptors (Lipinski definition) is 7. The molecule has 31 heavy (non-hydrogen) atoms. The molecule has 0 saturated carbocycles. The molecule has 0 bridgehead atoms. The Labute approximate surface area is 189 Å². The highest BCUT2D eigenvalue weighted by molar-refractivity contribution is 7.99. The van der Waals surface area contributed by atoms with Crippen molar-refractivity contribution in [2.45, 2.75) is 50.8 Å². The zero-order chi connectivity index (χ0) is 21.6. The van der Waals surface area contributed by atoms with Crippen molar-refractivity contribution in [1.82, 2.24) is 15.2 Å². The van der Waals surface area contributed by atoms with E-state index < -0.39 is 0 Å². The Hall–Kier alpha value is -2.83. The molecule has 0 saturated heterocycles. The number of aromatic amines is 1. The maximum Gasteiger partial charge on any atom is 0.235 e. The van der Waals surface area contributed by atoms with E-state index in [4.69, 9.17) is 4.74 Å². The van der Waals surface area contributed by atoms with Crippen molar-refractivity contribution in [3.63, 3.8) is 0 Å². The van der Waals surface area contributed by atoms with Gasteiger partial charge in [0.15, 0.2) is 5.82 Å². The van der Waals surface area contributed by atoms with Gasteiger partial charge < -0.3 is 10.1 Å². The number of amides is 1. The summed E-state index contributed by atoms with van der Waals surface area (Å²) < 4.78 is 5.72. The number of thioether (sulfide) groups is 1. The number of ether oxygens (including phenoxy) is 1. The molecule has 1 amide bonds. The van der Waals surface area contributed by atoms with Gasteiger partial charge >= 0.3 is 0 Å². The number of benzene rings is 1. The molecule has 0 aliphatic heterocycles. The number of aromatic nitrogens is 3. The first-order valence-corrected chi connectivity index (χ1v) is 12.1. The predicted octanol–water partition coefficient (Wildman–Crippen LogP) is 4.49. The Bertz CT molecular complexity index is 1100. The summed E-state index contributed by atoms with van der Waals surface area (Å²) in [5.41, 5.74) is 3.00. The van der Waals surface area contributed by atoms with Gasteiger partial charge in [-0.3, -0.25) is 9.89 Å². The lowest BCUT2D eigenvalue weighted by Gasteiger charge is -2.09. The lowest BCUT2D eigenvalue weighted by Crippen LogP contribution is -2.14. The minimum atomic E-state index is -0.168. The third-order valence-corrected chi connectivity index (χ3v) is 7.14. The summed E-state index contributed by atoms with van der Waals surface area (Å²) in [4.78, 5) is 18.0. The quantitative estimate of drug-likeness (QED) is 0.487. The molecule has 1 aliphatic carbocycles. The number of fused-ring (bicyclic) bond motifs is 1. The Morgan fingerprint density at radius 1 is 1.32 bits per heavy atom. The third kappa shape index (κ3) is 5.27. The number of hydrogen-bond donors (Lipinski definition) is 2. The first kappa shape index (κ1) is 21.4. The first-order chi connectivity index (χ1) is 15.2. The smallest absolute Gasteiger partial charge is 0.235 e. The number of rotatable bonds is 8. The molecule has 2 heterocycles. The molecule has 160 valence electrons. The second-order valence-electron chi connectivity index (χ2n) is 7.21. The van der Waals surface area contributed by atoms with Crippen LogP contribution in [0.15, 0.2) is 29.4 Å². The third-order valence-electron chi connectivity index (χ3n) is 5.09. The van der Waals surface area contributed by atoms with E-state index in [2.05, 4.69) is 33.5 Å². The minimum absolute atomic E-state index is 0.168. The van der Waals surface area contributed by atoms with Crippen molar-refractivity contribution >= 4 is 34.0 Å². The molecule has 0 radical (unpaired) electrons. The van der Waals surface area contributed by atoms with Gasteiger partial charge in [0.05, 0.1) is 11.3 Å². The number of nitrogens with one attached hydrogen (secondary N) is 2. The van der Waals surface area contributed by atoms with Gasteiger partial charge in [0.2, 0.25) is 11.1 Å². The molecule has 1 aliphatic rings. The lowest BCUT2D eigenvalue weighted by atomic mass is 9.96. The van der Waals surface area contributed by atoms with Crippen LogP contribution in [0.3, 0.4) is 0 Å². The zero-order valence-corrected chi connectivity index (χ0v) is 18.9. The maximum absolute atomic E-state index is 12.4. The van der Waals surface area contributed by atoms with Crippen molar-refractivity contribution in [2.75, 3.05) is 11.1 Å². The van der Waals surface area contributed by atoms with Crippen LogP contribution in [0.5, 0.6) is 5.75 Å². The molecule has 2 aromatic heterocycles. The van der Waals surface area contributed by atoms with Gasteiger partial charge in [0.25, 0.3) is 0 Å². The SMILES string of the molecule is CCc1ccc(OCc2nc(SCC(=O)Nc3sc4c(c3C#N)CCCC4)n[nH]2)cc1. The van der Waals surface area contributed by atoms with E-state index in [1.807, 2.05) is 24.3 Å². The maximum atomic E-state index is 12.4. The van der Waals surface area contributed by atoms with Crippen LogP contribution >= 0.6 is 23.1 Å². The Balaban J connectivity index is 1.28. The van der Waals surface area contributed by atoms with E-state index in [0.717, 1.165) is 43.4 Å². The highest BCUT2D eigenvalue weighted by Gasteiger charge is 2.22. The molecule has 7 nitrogen and oxygen atoms in total. The molecule has 0 fully saturated rings. The van der Waals surface area contributed by atoms with Gasteiger partial charge in [0.1, 0.15) is 23.4 Å². The van der Waals surface area contributed by atoms with Gasteiger partial charge in [-0.1, -0.05) is 30.8 Å². The Morgan fingerprint density at radius 2 is 2.13 bits per heavy atom. The van der Waals surface area contributed by atoms with Crippen molar-refractivity contribution in [3.8, 4) is 11.8 Å². The average Bonchev–Trinajstić information content (AvgIpc) is 3.40. The molecular formula is C22H23N5O2S2. The number of anilines is 1. The fourth-order valence-corrected chi connectivity index (χ4v) is 5.32. The summed E-state index contributed by atoms with van der Waals surface area (Å²) in [7, 11) is 0. The van der Waals surface area contributed by atoms with E-state index >= 15 is 0 Å². The van der Waals surface area contributed by atoms with Crippen LogP contribution in [0, 0.1) is 11.3 Å². The molecular weight excluding hydrogens is 430 g/mol. The largest absolute Gasteiger partial charge is 0.486 e. The molecule has 4 rings (SSSR count). The fraction of sp³-hybridized carbons (Fsp3) is 0.364. The minimum Gasteiger partial charge on any atom is -0.486 e. The summed E-state index contributed by atoms with van der Waals surface area (Å²) in [6, 6.07) is 10.2. The molecule has 3 aromatic rings. The molecule has 0 unspecified atom stereocenters. The number of aryl methyl sites for hydroxylation is 2. The van der Waals surface area contributed by atoms with Crippen LogP contribution in [0.1, 0.15) is 47.2 Å². The highest BCUT2D eigenvalue weighted by Crippen LogP contribution is 2.37. The number of carbonyl (C=O) groups excluding carboxylic acids is 1. The second-order valence-corrected chi connectivity index (χ2v) is 9.26. The van der Waals surface area contributed by atoms with Crippen LogP contribution in [-0.2, 0) is 30.7 Å².